The number of aromatic hydroxyl groups is 1. The number of hydrogen-bond donors (Lipinski definition) is 2. The van der Waals surface area contributed by atoms with Gasteiger partial charge < -0.3 is 10.2 Å². The lowest BCUT2D eigenvalue weighted by molar-refractivity contribution is 0.159. The zero-order chi connectivity index (χ0) is 11.6. The molecular weight excluding hydrogens is 188 g/mol. The first-order valence-corrected chi connectivity index (χ1v) is 5.26. The number of benzene rings is 1. The fraction of sp³-hybridized carbons (Fsp3) is 0.538. The third kappa shape index (κ3) is 2.96. The van der Waals surface area contributed by atoms with Gasteiger partial charge >= 0.3 is 0 Å². The van der Waals surface area contributed by atoms with Gasteiger partial charge in [-0.1, -0.05) is 31.5 Å². The molecule has 0 atom stereocenters. The molecule has 2 N–H and O–H groups in total. The minimum absolute atomic E-state index is 0.124. The molecular formula is C13H20O2. The van der Waals surface area contributed by atoms with E-state index in [1.165, 1.54) is 0 Å². The second-order valence-corrected chi connectivity index (χ2v) is 5.09. The van der Waals surface area contributed by atoms with Crippen LogP contribution >= 0.6 is 0 Å². The SMILES string of the molecule is Cc1cc(C)c(O)c(CC(C)(C)CO)c1. The molecule has 0 aliphatic rings. The largest absolute Gasteiger partial charge is 0.507 e. The number of aliphatic hydroxyl groups is 1. The summed E-state index contributed by atoms with van der Waals surface area (Å²) in [6.07, 6.45) is 0.692. The van der Waals surface area contributed by atoms with Crippen LogP contribution in [0.5, 0.6) is 5.75 Å². The van der Waals surface area contributed by atoms with Gasteiger partial charge in [-0.3, -0.25) is 0 Å². The molecule has 1 rings (SSSR count). The smallest absolute Gasteiger partial charge is 0.121 e. The van der Waals surface area contributed by atoms with Crippen LogP contribution in [-0.2, 0) is 6.42 Å². The molecule has 15 heavy (non-hydrogen) atoms. The molecule has 2 heteroatoms. The summed E-state index contributed by atoms with van der Waals surface area (Å²) in [5, 5.41) is 19.1. The van der Waals surface area contributed by atoms with Gasteiger partial charge in [0.15, 0.2) is 0 Å². The molecule has 0 aliphatic heterocycles. The fourth-order valence-corrected chi connectivity index (χ4v) is 1.75. The zero-order valence-corrected chi connectivity index (χ0v) is 9.96. The number of hydrogen-bond acceptors (Lipinski definition) is 2. The molecule has 84 valence electrons. The first kappa shape index (κ1) is 12.1. The van der Waals surface area contributed by atoms with Crippen LogP contribution in [0.25, 0.3) is 0 Å². The van der Waals surface area contributed by atoms with E-state index in [1.54, 1.807) is 0 Å². The average Bonchev–Trinajstić information content (AvgIpc) is 2.13. The third-order valence-electron chi connectivity index (χ3n) is 2.62. The van der Waals surface area contributed by atoms with E-state index in [0.717, 1.165) is 16.7 Å². The van der Waals surface area contributed by atoms with E-state index in [2.05, 4.69) is 0 Å². The van der Waals surface area contributed by atoms with Gasteiger partial charge in [0.05, 0.1) is 0 Å². The monoisotopic (exact) mass is 208 g/mol. The van der Waals surface area contributed by atoms with Crippen molar-refractivity contribution in [3.05, 3.63) is 28.8 Å². The lowest BCUT2D eigenvalue weighted by atomic mass is 9.85. The van der Waals surface area contributed by atoms with Gasteiger partial charge in [-0.15, -0.1) is 0 Å². The highest BCUT2D eigenvalue weighted by atomic mass is 16.3. The predicted molar refractivity (Wildman–Crippen MR) is 62.2 cm³/mol. The summed E-state index contributed by atoms with van der Waals surface area (Å²) >= 11 is 0. The van der Waals surface area contributed by atoms with Crippen molar-refractivity contribution in [2.24, 2.45) is 5.41 Å². The standard InChI is InChI=1S/C13H20O2/c1-9-5-10(2)12(15)11(6-9)7-13(3,4)8-14/h5-6,14-15H,7-8H2,1-4H3. The van der Waals surface area contributed by atoms with Crippen molar-refractivity contribution in [3.63, 3.8) is 0 Å². The van der Waals surface area contributed by atoms with E-state index in [-0.39, 0.29) is 12.0 Å². The van der Waals surface area contributed by atoms with Crippen molar-refractivity contribution in [3.8, 4) is 5.75 Å². The van der Waals surface area contributed by atoms with Gasteiger partial charge in [0.25, 0.3) is 0 Å². The Hall–Kier alpha value is -1.02. The Morgan fingerprint density at radius 3 is 2.33 bits per heavy atom. The summed E-state index contributed by atoms with van der Waals surface area (Å²) in [4.78, 5) is 0. The lowest BCUT2D eigenvalue weighted by Gasteiger charge is -2.22. The highest BCUT2D eigenvalue weighted by Crippen LogP contribution is 2.30. The maximum Gasteiger partial charge on any atom is 0.121 e. The van der Waals surface area contributed by atoms with E-state index >= 15 is 0 Å². The van der Waals surface area contributed by atoms with Gasteiger partial charge in [0.2, 0.25) is 0 Å². The molecule has 0 saturated carbocycles. The van der Waals surface area contributed by atoms with Crippen molar-refractivity contribution in [2.75, 3.05) is 6.61 Å². The van der Waals surface area contributed by atoms with Crippen molar-refractivity contribution < 1.29 is 10.2 Å². The summed E-state index contributed by atoms with van der Waals surface area (Å²) in [5.41, 5.74) is 2.79. The highest BCUT2D eigenvalue weighted by Gasteiger charge is 2.19. The highest BCUT2D eigenvalue weighted by molar-refractivity contribution is 5.43. The van der Waals surface area contributed by atoms with Crippen LogP contribution in [0.2, 0.25) is 0 Å². The van der Waals surface area contributed by atoms with Crippen LogP contribution in [-0.4, -0.2) is 16.8 Å². The number of aliphatic hydroxyl groups excluding tert-OH is 1. The molecule has 0 heterocycles. The molecule has 0 saturated heterocycles. The maximum atomic E-state index is 9.90. The first-order valence-electron chi connectivity index (χ1n) is 5.26. The maximum absolute atomic E-state index is 9.90. The molecule has 0 amide bonds. The van der Waals surface area contributed by atoms with E-state index in [9.17, 15) is 10.2 Å². The van der Waals surface area contributed by atoms with Crippen molar-refractivity contribution >= 4 is 0 Å². The van der Waals surface area contributed by atoms with E-state index in [4.69, 9.17) is 0 Å². The van der Waals surface area contributed by atoms with Gasteiger partial charge in [-0.05, 0) is 36.8 Å². The Morgan fingerprint density at radius 1 is 1.20 bits per heavy atom. The Bertz CT molecular complexity index is 354. The Balaban J connectivity index is 3.05. The van der Waals surface area contributed by atoms with E-state index in [0.29, 0.717) is 12.2 Å². The summed E-state index contributed by atoms with van der Waals surface area (Å²) in [7, 11) is 0. The van der Waals surface area contributed by atoms with Crippen molar-refractivity contribution in [1.29, 1.82) is 0 Å². The molecule has 0 spiro atoms. The molecule has 1 aromatic carbocycles. The Labute approximate surface area is 91.6 Å². The topological polar surface area (TPSA) is 40.5 Å². The zero-order valence-electron chi connectivity index (χ0n) is 9.96. The molecule has 1 aromatic rings. The summed E-state index contributed by atoms with van der Waals surface area (Å²) in [6.45, 7) is 8.02. The van der Waals surface area contributed by atoms with E-state index in [1.807, 2.05) is 39.8 Å². The van der Waals surface area contributed by atoms with Crippen molar-refractivity contribution in [2.45, 2.75) is 34.1 Å². The number of phenols is 1. The second kappa shape index (κ2) is 4.23. The number of aryl methyl sites for hydroxylation is 2. The molecule has 0 bridgehead atoms. The first-order chi connectivity index (χ1) is 6.85. The van der Waals surface area contributed by atoms with Crippen molar-refractivity contribution in [1.82, 2.24) is 0 Å². The molecule has 2 nitrogen and oxygen atoms in total. The quantitative estimate of drug-likeness (QED) is 0.801. The van der Waals surface area contributed by atoms with Crippen LogP contribution < -0.4 is 0 Å². The molecule has 0 aromatic heterocycles. The Morgan fingerprint density at radius 2 is 1.80 bits per heavy atom. The van der Waals surface area contributed by atoms with Crippen LogP contribution in [0.1, 0.15) is 30.5 Å². The third-order valence-corrected chi connectivity index (χ3v) is 2.62. The minimum Gasteiger partial charge on any atom is -0.507 e. The van der Waals surface area contributed by atoms with Gasteiger partial charge in [0, 0.05) is 6.61 Å². The van der Waals surface area contributed by atoms with Crippen LogP contribution in [0.15, 0.2) is 12.1 Å². The predicted octanol–water partition coefficient (Wildman–Crippen LogP) is 2.57. The van der Waals surface area contributed by atoms with Crippen LogP contribution in [0.3, 0.4) is 0 Å². The van der Waals surface area contributed by atoms with Crippen LogP contribution in [0, 0.1) is 19.3 Å². The Kier molecular flexibility index (Phi) is 3.40. The van der Waals surface area contributed by atoms with Gasteiger partial charge in [-0.25, -0.2) is 0 Å². The molecule has 0 unspecified atom stereocenters. The van der Waals surface area contributed by atoms with Gasteiger partial charge in [-0.2, -0.15) is 0 Å². The summed E-state index contributed by atoms with van der Waals surface area (Å²) in [5.74, 6) is 0.363. The fourth-order valence-electron chi connectivity index (χ4n) is 1.75. The molecule has 0 radical (unpaired) electrons. The number of phenolic OH excluding ortho intramolecular Hbond substituents is 1. The lowest BCUT2D eigenvalue weighted by Crippen LogP contribution is -2.19. The minimum atomic E-state index is -0.183. The number of rotatable bonds is 3. The normalized spacial score (nSPS) is 11.8. The average molecular weight is 208 g/mol. The van der Waals surface area contributed by atoms with E-state index < -0.39 is 0 Å². The molecule has 0 aliphatic carbocycles. The summed E-state index contributed by atoms with van der Waals surface area (Å²) in [6, 6.07) is 3.95. The molecule has 0 fully saturated rings. The van der Waals surface area contributed by atoms with Crippen LogP contribution in [0.4, 0.5) is 0 Å². The summed E-state index contributed by atoms with van der Waals surface area (Å²) < 4.78 is 0. The second-order valence-electron chi connectivity index (χ2n) is 5.09. The van der Waals surface area contributed by atoms with Gasteiger partial charge in [0.1, 0.15) is 5.75 Å².